The summed E-state index contributed by atoms with van der Waals surface area (Å²) < 4.78 is 20.6. The Morgan fingerprint density at radius 1 is 0.446 bits per heavy atom. The summed E-state index contributed by atoms with van der Waals surface area (Å²) in [5.41, 5.74) is 4.13. The Hall–Kier alpha value is -12.8. The maximum Gasteiger partial charge on any atom is 0.336 e. The number of aryl methyl sites for hydroxylation is 3. The normalized spacial score (nSPS) is 17.4. The number of ketones is 1. The molecule has 0 atom stereocenters. The summed E-state index contributed by atoms with van der Waals surface area (Å²) >= 11 is 1.84. The SMILES string of the molecule is CC1=C([O-])C=CC1=O.CC1=C([O-])OC(C)(C)OC1=O.CN1C(=O)CC(C)(C)CC1=O.CN1C(=O)CCC1=O.CN1C(=O)CCCC1=O.CN1CCC(O)CC1.CN1CCCC1.CN1CCCCC1.CN1CCOCC1.CN1c2ccccc2Sc2ccccc21.Cc1c([O-])[nH]c(=O)[nH]c1=O.Cc1c([O-])n(C)c(=O)n(C)c1=O.Cc1cccnc1.Cn1c2ccccc2c2ccccc21.Cn1cccc1. The van der Waals surface area contributed by atoms with Gasteiger partial charge in [0.1, 0.15) is 0 Å². The number of aromatic nitrogens is 7. The number of aliphatic hydroxyl groups is 1. The number of likely N-dealkylation sites (N-methyl/N-ethyl adjacent to an activating group) is 1. The number of carbonyl (C=O) groups is 8. The number of aromatic amines is 2. The van der Waals surface area contributed by atoms with E-state index >= 15 is 0 Å². The molecule has 4 aromatic carbocycles. The van der Waals surface area contributed by atoms with Crippen LogP contribution in [0.4, 0.5) is 11.4 Å². The average molecular weight is 1940 g/mol. The van der Waals surface area contributed by atoms with Gasteiger partial charge in [-0.05, 0) is 237 Å². The number of fused-ring (bicyclic) bond motifs is 5. The second-order valence-electron chi connectivity index (χ2n) is 35.8. The number of carbonyl (C=O) groups excluding carboxylic acids is 8. The van der Waals surface area contributed by atoms with E-state index in [0.29, 0.717) is 44.1 Å². The van der Waals surface area contributed by atoms with Gasteiger partial charge in [-0.1, -0.05) is 105 Å². The Morgan fingerprint density at radius 3 is 1.25 bits per heavy atom. The van der Waals surface area contributed by atoms with E-state index in [1.807, 2.05) is 97.0 Å². The molecular weight excluding hydrogens is 1800 g/mol. The lowest BCUT2D eigenvalue weighted by Crippen LogP contribution is -2.43. The van der Waals surface area contributed by atoms with Crippen molar-refractivity contribution in [3.8, 4) is 11.8 Å². The Balaban J connectivity index is 0.000000265. The Bertz CT molecular complexity index is 5630. The fourth-order valence-electron chi connectivity index (χ4n) is 14.0. The quantitative estimate of drug-likeness (QED) is 0.0942. The van der Waals surface area contributed by atoms with E-state index in [9.17, 15) is 78.0 Å². The highest BCUT2D eigenvalue weighted by Crippen LogP contribution is 2.47. The third kappa shape index (κ3) is 39.5. The van der Waals surface area contributed by atoms with E-state index in [2.05, 4.69) is 173 Å². The maximum atomic E-state index is 11.1. The number of imide groups is 3. The van der Waals surface area contributed by atoms with Crippen LogP contribution in [0, 0.1) is 26.2 Å². The highest BCUT2D eigenvalue weighted by molar-refractivity contribution is 7.99. The number of para-hydroxylation sites is 4. The van der Waals surface area contributed by atoms with Crippen molar-refractivity contribution in [2.45, 2.75) is 174 Å². The number of pyridine rings is 1. The van der Waals surface area contributed by atoms with Crippen molar-refractivity contribution in [3.05, 3.63) is 239 Å². The van der Waals surface area contributed by atoms with E-state index in [0.717, 1.165) is 67.8 Å². The molecule has 36 heteroatoms. The second kappa shape index (κ2) is 58.1. The zero-order valence-corrected chi connectivity index (χ0v) is 85.3. The van der Waals surface area contributed by atoms with Crippen LogP contribution >= 0.6 is 11.8 Å². The molecule has 35 nitrogen and oxygen atoms in total. The zero-order chi connectivity index (χ0) is 104. The number of aliphatic hydroxyl groups excluding tert-OH is 1. The van der Waals surface area contributed by atoms with Crippen molar-refractivity contribution in [2.75, 3.05) is 127 Å². The van der Waals surface area contributed by atoms with Crippen LogP contribution < -0.4 is 47.8 Å². The molecule has 139 heavy (non-hydrogen) atoms. The second-order valence-corrected chi connectivity index (χ2v) is 36.9. The molecule has 5 aromatic heterocycles. The van der Waals surface area contributed by atoms with E-state index in [1.54, 1.807) is 13.2 Å². The molecule has 1 aliphatic carbocycles. The molecule has 0 bridgehead atoms. The van der Waals surface area contributed by atoms with Crippen molar-refractivity contribution in [2.24, 2.45) is 33.6 Å². The summed E-state index contributed by atoms with van der Waals surface area (Å²) in [5.74, 6) is -4.15. The highest BCUT2D eigenvalue weighted by atomic mass is 32.2. The Morgan fingerprint density at radius 2 is 0.892 bits per heavy atom. The van der Waals surface area contributed by atoms with Crippen molar-refractivity contribution in [3.63, 3.8) is 0 Å². The van der Waals surface area contributed by atoms with E-state index in [4.69, 9.17) is 19.3 Å². The summed E-state index contributed by atoms with van der Waals surface area (Å²) in [6.07, 6.45) is 22.7. The molecule has 10 aliphatic rings. The van der Waals surface area contributed by atoms with Crippen LogP contribution in [0.25, 0.3) is 21.8 Å². The molecule has 0 spiro atoms. The van der Waals surface area contributed by atoms with Gasteiger partial charge in [-0.25, -0.2) is 14.4 Å². The van der Waals surface area contributed by atoms with E-state index in [1.165, 1.54) is 203 Å². The number of ether oxygens (including phenoxy) is 3. The van der Waals surface area contributed by atoms with Gasteiger partial charge in [0.25, 0.3) is 11.1 Å². The van der Waals surface area contributed by atoms with Crippen molar-refractivity contribution < 1.29 is 78.1 Å². The number of amides is 6. The number of benzene rings is 4. The molecule has 7 fully saturated rings. The van der Waals surface area contributed by atoms with Gasteiger partial charge in [0.2, 0.25) is 35.4 Å². The zero-order valence-electron chi connectivity index (χ0n) is 84.5. The van der Waals surface area contributed by atoms with Crippen LogP contribution in [-0.2, 0) is 80.8 Å². The van der Waals surface area contributed by atoms with Crippen molar-refractivity contribution >= 4 is 92.1 Å². The number of morpholine rings is 1. The standard InChI is InChI=1S/C13H11NS.C13H11N.C8H13NO2.C7H10N2O3.C7H10O4.C6H9NO2.C6H13NO.C6H7N.C6H13N.C6H6O2.C5H6N2O3.C5H7NO2.C5H11NO.C5H11N.C5H7N/c1-14-10-6-2-4-8-12(10)15-13-9-5-3-7-11(13)14;1-14-12-8-4-2-6-10(12)11-7-3-5-9-13(11)14;1-8(2)4-6(10)9(3)7(11)5-8;1-4-5(10)8(2)7(12)9(3)6(4)11;1-4-5(8)10-7(2,3)11-6(4)9;1-7-5(8)3-2-4-6(7)9;1-7-4-2-6(8)3-5-7;1-6-3-2-4-7-5-6;1-7-5-3-2-4-6-7;1-4-5(7)2-3-6(4)8;1-2-3(8)6-5(10)7-4(2)9;1-6-4(7)2-3-5(6)8;1-6-2-4-7-5-3-6;2*1-6-4-2-3-5-6/h2-9H,1H3;2-9H,1H3;4-5H2,1-3H3;10H,1-3H3;8H,1-3H3;2-4H2,1H3;6,8H,2-5H2,1H3;2-5H,1H3;2-6H2,1H3;2-3,7H,1H3;1H3,(H3,6,7,8,9,10);2-3H2,1H3;2-5H2,1H3;2-5H2,1H3;2-5H,1H3/p-4. The first kappa shape index (κ1) is 117. The summed E-state index contributed by atoms with van der Waals surface area (Å²) in [4.78, 5) is 155. The van der Waals surface area contributed by atoms with Crippen LogP contribution in [0.2, 0.25) is 0 Å². The highest BCUT2D eigenvalue weighted by Gasteiger charge is 2.35. The fourth-order valence-corrected chi connectivity index (χ4v) is 15.2. The molecule has 14 heterocycles. The molecule has 0 unspecified atom stereocenters. The third-order valence-electron chi connectivity index (χ3n) is 23.1. The van der Waals surface area contributed by atoms with Gasteiger partial charge >= 0.3 is 17.3 Å². The van der Waals surface area contributed by atoms with Gasteiger partial charge in [-0.3, -0.25) is 72.4 Å². The molecule has 9 aromatic rings. The van der Waals surface area contributed by atoms with Crippen LogP contribution in [-0.4, -0.2) is 254 Å². The number of rotatable bonds is 0. The fraction of sp³-hybridized carbons (Fsp3) is 0.466. The molecule has 0 saturated carbocycles. The maximum absolute atomic E-state index is 11.1. The largest absolute Gasteiger partial charge is 0.872 e. The van der Waals surface area contributed by atoms with Gasteiger partial charge in [0.15, 0.2) is 11.6 Å². The minimum absolute atomic E-state index is 0.000370. The molecule has 9 aliphatic heterocycles. The number of hydrogen-bond acceptors (Lipinski definition) is 27. The van der Waals surface area contributed by atoms with Crippen LogP contribution in [0.5, 0.6) is 11.8 Å². The number of esters is 1. The third-order valence-corrected chi connectivity index (χ3v) is 24.2. The molecule has 6 amide bonds. The molecule has 19 rings (SSSR count). The van der Waals surface area contributed by atoms with Crippen LogP contribution in [0.1, 0.15) is 148 Å². The minimum atomic E-state index is -1.12. The smallest absolute Gasteiger partial charge is 0.336 e. The lowest BCUT2D eigenvalue weighted by molar-refractivity contribution is -0.394. The van der Waals surface area contributed by atoms with Gasteiger partial charge in [-0.15, -0.1) is 5.76 Å². The topological polar surface area (TPSA) is 435 Å². The number of likely N-dealkylation sites (tertiary alicyclic amines) is 6. The van der Waals surface area contributed by atoms with Gasteiger partial charge in [0.05, 0.1) is 42.2 Å². The number of allylic oxidation sites excluding steroid dienone is 3. The number of H-pyrrole nitrogens is 2. The predicted octanol–water partition coefficient (Wildman–Crippen LogP) is 8.77. The predicted molar refractivity (Wildman–Crippen MR) is 532 cm³/mol. The lowest BCUT2D eigenvalue weighted by Gasteiger charge is -2.38. The summed E-state index contributed by atoms with van der Waals surface area (Å²) in [6, 6.07) is 42.0. The van der Waals surface area contributed by atoms with Crippen molar-refractivity contribution in [1.82, 2.24) is 67.5 Å². The number of anilines is 2. The van der Waals surface area contributed by atoms with Gasteiger partial charge in [-0.2, -0.15) is 0 Å². The Kier molecular flexibility index (Phi) is 48.8. The van der Waals surface area contributed by atoms with E-state index in [-0.39, 0.29) is 75.2 Å². The van der Waals surface area contributed by atoms with Crippen LogP contribution in [0.3, 0.4) is 0 Å². The summed E-state index contributed by atoms with van der Waals surface area (Å²) in [5, 5.41) is 54.7. The van der Waals surface area contributed by atoms with Gasteiger partial charge in [0, 0.05) is 189 Å². The average Bonchev–Trinajstić information content (AvgIpc) is 1.54. The molecular formula is C103H141N15O20S-4. The first-order chi connectivity index (χ1) is 65.6. The molecule has 758 valence electrons. The van der Waals surface area contributed by atoms with Crippen LogP contribution in [0.15, 0.2) is 210 Å². The molecule has 7 saturated heterocycles. The van der Waals surface area contributed by atoms with Gasteiger partial charge < -0.3 is 82.9 Å². The summed E-state index contributed by atoms with van der Waals surface area (Å²) in [6.45, 7) is 26.0. The summed E-state index contributed by atoms with van der Waals surface area (Å²) in [7, 11) is 22.1. The first-order valence-electron chi connectivity index (χ1n) is 46.2. The van der Waals surface area contributed by atoms with Crippen molar-refractivity contribution in [1.29, 1.82) is 0 Å². The number of nitrogens with one attached hydrogen (secondary N) is 2. The van der Waals surface area contributed by atoms with E-state index < -0.39 is 52.0 Å². The Labute approximate surface area is 819 Å². The first-order valence-corrected chi connectivity index (χ1v) is 47.1. The number of nitrogens with zero attached hydrogens (tertiary/aromatic N) is 13. The number of hydrogen-bond donors (Lipinski definition) is 3. The molecule has 0 radical (unpaired) electrons. The monoisotopic (exact) mass is 1940 g/mol. The minimum Gasteiger partial charge on any atom is -0.872 e. The molecule has 3 N–H and O–H groups in total. The number of piperidine rings is 4. The lowest BCUT2D eigenvalue weighted by atomic mass is 9.82. The number of cyclic esters (lactones) is 1.